The summed E-state index contributed by atoms with van der Waals surface area (Å²) < 4.78 is 10.7. The van der Waals surface area contributed by atoms with E-state index in [-0.39, 0.29) is 18.1 Å². The number of aryl methyl sites for hydroxylation is 3. The third kappa shape index (κ3) is 5.93. The molecule has 0 aliphatic rings. The largest absolute Gasteiger partial charge is 0.491 e. The van der Waals surface area contributed by atoms with E-state index in [2.05, 4.69) is 22.6 Å². The lowest BCUT2D eigenvalue weighted by molar-refractivity contribution is -0.121. The molecule has 0 aliphatic heterocycles. The van der Waals surface area contributed by atoms with Crippen LogP contribution in [0, 0.1) is 13.8 Å². The highest BCUT2D eigenvalue weighted by Crippen LogP contribution is 2.16. The molecule has 25 heavy (non-hydrogen) atoms. The topological polar surface area (TPSA) is 64.4 Å². The summed E-state index contributed by atoms with van der Waals surface area (Å²) in [6.07, 6.45) is 2.29. The minimum atomic E-state index is 0.00239. The smallest absolute Gasteiger partial charge is 0.224 e. The summed E-state index contributed by atoms with van der Waals surface area (Å²) in [7, 11) is 0. The molecule has 1 atom stereocenters. The summed E-state index contributed by atoms with van der Waals surface area (Å²) in [6, 6.07) is 8.26. The zero-order chi connectivity index (χ0) is 18.4. The molecule has 0 saturated carbocycles. The highest BCUT2D eigenvalue weighted by Gasteiger charge is 2.15. The number of hydrogen-bond donors (Lipinski definition) is 1. The average molecular weight is 344 g/mol. The van der Waals surface area contributed by atoms with E-state index in [1.807, 2.05) is 46.8 Å². The standard InChI is InChI=1S/C20H28N2O3/c1-13(2)24-18-10-8-17(9-11-18)7-6-14(3)21-20(23)12-19-15(4)22-25-16(19)5/h8-11,13-14H,6-7,12H2,1-5H3,(H,21,23)/t14-/m0/s1. The maximum atomic E-state index is 12.2. The number of carbonyl (C=O) groups excluding carboxylic acids is 1. The SMILES string of the molecule is Cc1noc(C)c1CC(=O)N[C@@H](C)CCc1ccc(OC(C)C)cc1. The summed E-state index contributed by atoms with van der Waals surface area (Å²) in [6.45, 7) is 9.75. The molecule has 1 aromatic carbocycles. The second-order valence-electron chi connectivity index (χ2n) is 6.80. The average Bonchev–Trinajstić information content (AvgIpc) is 2.85. The zero-order valence-electron chi connectivity index (χ0n) is 15.8. The molecule has 1 N–H and O–H groups in total. The van der Waals surface area contributed by atoms with Gasteiger partial charge in [0, 0.05) is 11.6 Å². The van der Waals surface area contributed by atoms with Crippen LogP contribution in [0.4, 0.5) is 0 Å². The van der Waals surface area contributed by atoms with Crippen LogP contribution in [0.25, 0.3) is 0 Å². The van der Waals surface area contributed by atoms with Gasteiger partial charge in [0.2, 0.25) is 5.91 Å². The number of nitrogens with zero attached hydrogens (tertiary/aromatic N) is 1. The van der Waals surface area contributed by atoms with Gasteiger partial charge in [-0.1, -0.05) is 17.3 Å². The fraction of sp³-hybridized carbons (Fsp3) is 0.500. The first-order valence-electron chi connectivity index (χ1n) is 8.82. The second-order valence-corrected chi connectivity index (χ2v) is 6.80. The van der Waals surface area contributed by atoms with E-state index in [4.69, 9.17) is 9.26 Å². The summed E-state index contributed by atoms with van der Waals surface area (Å²) in [5.74, 6) is 1.60. The molecule has 0 aliphatic carbocycles. The van der Waals surface area contributed by atoms with Gasteiger partial charge in [0.15, 0.2) is 0 Å². The molecule has 0 spiro atoms. The Kier molecular flexibility index (Phi) is 6.62. The van der Waals surface area contributed by atoms with Gasteiger partial charge in [-0.15, -0.1) is 0 Å². The first kappa shape index (κ1) is 19.0. The van der Waals surface area contributed by atoms with Crippen molar-refractivity contribution < 1.29 is 14.1 Å². The lowest BCUT2D eigenvalue weighted by atomic mass is 10.1. The third-order valence-corrected chi connectivity index (χ3v) is 4.09. The Morgan fingerprint density at radius 2 is 1.88 bits per heavy atom. The summed E-state index contributed by atoms with van der Waals surface area (Å²) >= 11 is 0. The van der Waals surface area contributed by atoms with E-state index in [0.717, 1.165) is 29.8 Å². The maximum Gasteiger partial charge on any atom is 0.224 e. The number of carbonyl (C=O) groups is 1. The van der Waals surface area contributed by atoms with Gasteiger partial charge in [-0.25, -0.2) is 0 Å². The van der Waals surface area contributed by atoms with E-state index in [9.17, 15) is 4.79 Å². The normalized spacial score (nSPS) is 12.2. The van der Waals surface area contributed by atoms with E-state index in [1.54, 1.807) is 0 Å². The van der Waals surface area contributed by atoms with Crippen molar-refractivity contribution in [3.63, 3.8) is 0 Å². The first-order valence-corrected chi connectivity index (χ1v) is 8.82. The van der Waals surface area contributed by atoms with Crippen molar-refractivity contribution in [2.75, 3.05) is 0 Å². The molecule has 0 radical (unpaired) electrons. The number of amides is 1. The zero-order valence-corrected chi connectivity index (χ0v) is 15.8. The Balaban J connectivity index is 1.78. The van der Waals surface area contributed by atoms with Crippen molar-refractivity contribution >= 4 is 5.91 Å². The van der Waals surface area contributed by atoms with Crippen LogP contribution < -0.4 is 10.1 Å². The fourth-order valence-corrected chi connectivity index (χ4v) is 2.70. The molecule has 5 heteroatoms. The summed E-state index contributed by atoms with van der Waals surface area (Å²) in [5, 5.41) is 6.93. The molecule has 5 nitrogen and oxygen atoms in total. The van der Waals surface area contributed by atoms with Crippen molar-refractivity contribution in [3.05, 3.63) is 46.8 Å². The highest BCUT2D eigenvalue weighted by molar-refractivity contribution is 5.79. The number of hydrogen-bond acceptors (Lipinski definition) is 4. The molecule has 2 rings (SSSR count). The molecule has 136 valence electrons. The Hall–Kier alpha value is -2.30. The maximum absolute atomic E-state index is 12.2. The van der Waals surface area contributed by atoms with Gasteiger partial charge in [0.05, 0.1) is 18.2 Å². The molecule has 2 aromatic rings. The minimum Gasteiger partial charge on any atom is -0.491 e. The summed E-state index contributed by atoms with van der Waals surface area (Å²) in [4.78, 5) is 12.2. The van der Waals surface area contributed by atoms with Gasteiger partial charge in [0.25, 0.3) is 0 Å². The van der Waals surface area contributed by atoms with Crippen molar-refractivity contribution in [2.45, 2.75) is 66.0 Å². The summed E-state index contributed by atoms with van der Waals surface area (Å²) in [5.41, 5.74) is 2.90. The van der Waals surface area contributed by atoms with Gasteiger partial charge in [-0.05, 0) is 65.2 Å². The van der Waals surface area contributed by atoms with Crippen molar-refractivity contribution in [2.24, 2.45) is 0 Å². The van der Waals surface area contributed by atoms with Gasteiger partial charge in [-0.3, -0.25) is 4.79 Å². The van der Waals surface area contributed by atoms with Crippen LogP contribution in [0.5, 0.6) is 5.75 Å². The molecule has 0 bridgehead atoms. The van der Waals surface area contributed by atoms with Gasteiger partial charge in [-0.2, -0.15) is 0 Å². The van der Waals surface area contributed by atoms with Crippen LogP contribution >= 0.6 is 0 Å². The molecular formula is C20H28N2O3. The molecule has 0 saturated heterocycles. The minimum absolute atomic E-state index is 0.00239. The van der Waals surface area contributed by atoms with E-state index < -0.39 is 0 Å². The van der Waals surface area contributed by atoms with Crippen molar-refractivity contribution in [1.82, 2.24) is 10.5 Å². The van der Waals surface area contributed by atoms with E-state index in [0.29, 0.717) is 12.2 Å². The van der Waals surface area contributed by atoms with Gasteiger partial charge >= 0.3 is 0 Å². The quantitative estimate of drug-likeness (QED) is 0.792. The molecule has 0 unspecified atom stereocenters. The van der Waals surface area contributed by atoms with E-state index >= 15 is 0 Å². The number of nitrogens with one attached hydrogen (secondary N) is 1. The van der Waals surface area contributed by atoms with Gasteiger partial charge in [0.1, 0.15) is 11.5 Å². The third-order valence-electron chi connectivity index (χ3n) is 4.09. The number of rotatable bonds is 8. The van der Waals surface area contributed by atoms with Gasteiger partial charge < -0.3 is 14.6 Å². The molecule has 1 heterocycles. The van der Waals surface area contributed by atoms with E-state index in [1.165, 1.54) is 5.56 Å². The highest BCUT2D eigenvalue weighted by atomic mass is 16.5. The molecule has 1 aromatic heterocycles. The Morgan fingerprint density at radius 1 is 1.20 bits per heavy atom. The van der Waals surface area contributed by atoms with Crippen LogP contribution in [0.1, 0.15) is 49.8 Å². The first-order chi connectivity index (χ1) is 11.8. The van der Waals surface area contributed by atoms with Crippen LogP contribution in [-0.4, -0.2) is 23.2 Å². The second kappa shape index (κ2) is 8.70. The monoisotopic (exact) mass is 344 g/mol. The molecule has 0 fully saturated rings. The van der Waals surface area contributed by atoms with Crippen LogP contribution in [0.3, 0.4) is 0 Å². The Bertz CT molecular complexity index is 670. The van der Waals surface area contributed by atoms with Crippen molar-refractivity contribution in [3.8, 4) is 5.75 Å². The predicted molar refractivity (Wildman–Crippen MR) is 97.8 cm³/mol. The number of aromatic nitrogens is 1. The van der Waals surface area contributed by atoms with Crippen molar-refractivity contribution in [1.29, 1.82) is 0 Å². The lowest BCUT2D eigenvalue weighted by Crippen LogP contribution is -2.34. The number of benzene rings is 1. The lowest BCUT2D eigenvalue weighted by Gasteiger charge is -2.14. The molecule has 1 amide bonds. The predicted octanol–water partition coefficient (Wildman–Crippen LogP) is 3.76. The molecular weight excluding hydrogens is 316 g/mol. The Morgan fingerprint density at radius 3 is 2.44 bits per heavy atom. The van der Waals surface area contributed by atoms with Crippen LogP contribution in [-0.2, 0) is 17.6 Å². The van der Waals surface area contributed by atoms with Crippen LogP contribution in [0.2, 0.25) is 0 Å². The Labute approximate surface area is 149 Å². The fourth-order valence-electron chi connectivity index (χ4n) is 2.70. The van der Waals surface area contributed by atoms with Crippen LogP contribution in [0.15, 0.2) is 28.8 Å². The number of ether oxygens (including phenoxy) is 1.